The van der Waals surface area contributed by atoms with E-state index in [9.17, 15) is 4.79 Å². The van der Waals surface area contributed by atoms with E-state index in [-0.39, 0.29) is 3.79 Å². The number of nitrogens with two attached hydrogens (primary N) is 1. The van der Waals surface area contributed by atoms with Crippen molar-refractivity contribution in [2.45, 2.75) is 38.1 Å². The molecule has 33 heavy (non-hydrogen) atoms. The molecule has 0 aliphatic heterocycles. The van der Waals surface area contributed by atoms with E-state index < -0.39 is 21.2 Å². The number of hydrogen-bond donors (Lipinski definition) is 2. The molecule has 6 heteroatoms. The summed E-state index contributed by atoms with van der Waals surface area (Å²) in [6, 6.07) is 24.1. The molecule has 0 radical (unpaired) electrons. The first kappa shape index (κ1) is 21.8. The van der Waals surface area contributed by atoms with Crippen molar-refractivity contribution in [2.24, 2.45) is 10.7 Å². The maximum absolute atomic E-state index is 12.8. The summed E-state index contributed by atoms with van der Waals surface area (Å²) in [7, 11) is 0. The Hall–Kier alpha value is -3.00. The molecular formula is C27H26IN4O-. The molecule has 1 heterocycles. The van der Waals surface area contributed by atoms with Gasteiger partial charge in [0.15, 0.2) is 0 Å². The molecule has 0 spiro atoms. The van der Waals surface area contributed by atoms with Crippen LogP contribution in [0.3, 0.4) is 0 Å². The van der Waals surface area contributed by atoms with Gasteiger partial charge in [-0.1, -0.05) is 19.3 Å². The van der Waals surface area contributed by atoms with Crippen molar-refractivity contribution in [3.63, 3.8) is 0 Å². The van der Waals surface area contributed by atoms with Gasteiger partial charge in [-0.05, 0) is 12.8 Å². The number of halogens is 1. The van der Waals surface area contributed by atoms with E-state index in [1.807, 2.05) is 72.8 Å². The number of carbonyl (C=O) groups is 1. The molecule has 5 rings (SSSR count). The second kappa shape index (κ2) is 9.87. The van der Waals surface area contributed by atoms with Crippen LogP contribution in [0.1, 0.15) is 48.0 Å². The van der Waals surface area contributed by atoms with Gasteiger partial charge in [0, 0.05) is 0 Å². The van der Waals surface area contributed by atoms with Crippen LogP contribution < -0.4 is 26.9 Å². The summed E-state index contributed by atoms with van der Waals surface area (Å²) in [5.74, 6) is 1.39. The van der Waals surface area contributed by atoms with E-state index in [1.54, 1.807) is 0 Å². The van der Waals surface area contributed by atoms with Crippen LogP contribution >= 0.6 is 0 Å². The van der Waals surface area contributed by atoms with Gasteiger partial charge < -0.3 is 0 Å². The fourth-order valence-electron chi connectivity index (χ4n) is 4.18. The number of hydrogen-bond acceptors (Lipinski definition) is 3. The third-order valence-electron chi connectivity index (χ3n) is 5.99. The molecule has 0 bridgehead atoms. The molecule has 1 aromatic heterocycles. The molecule has 1 fully saturated rings. The summed E-state index contributed by atoms with van der Waals surface area (Å²) in [4.78, 5) is 25.6. The third-order valence-corrected chi connectivity index (χ3v) is 8.44. The molecular weight excluding hydrogens is 523 g/mol. The fourth-order valence-corrected chi connectivity index (χ4v) is 6.17. The van der Waals surface area contributed by atoms with Crippen LogP contribution in [0, 0.1) is 3.57 Å². The van der Waals surface area contributed by atoms with Gasteiger partial charge in [-0.25, -0.2) is 0 Å². The predicted molar refractivity (Wildman–Crippen MR) is 129 cm³/mol. The Kier molecular flexibility index (Phi) is 6.53. The number of nitrogens with zero attached hydrogens (tertiary/aromatic N) is 2. The summed E-state index contributed by atoms with van der Waals surface area (Å²) in [6.45, 7) is 0. The minimum atomic E-state index is -0.723. The number of aromatic nitrogens is 2. The standard InChI is InChI=1S/C27H26IN4O/c29-26(30-22-9-5-2-6-10-22)18-11-13-19(14-12-18)27-31-23-16-15-20(17-24(23)32-27)25(33)28-21-7-3-1-4-8-21/h1,3-4,7-8,11-17,22H,2,5-6,9-10H2,(H2,29,30)(H,31,32)/q-1. The van der Waals surface area contributed by atoms with Crippen LogP contribution in [0.2, 0.25) is 0 Å². The van der Waals surface area contributed by atoms with Gasteiger partial charge in [-0.2, -0.15) is 0 Å². The topological polar surface area (TPSA) is 84.1 Å². The van der Waals surface area contributed by atoms with Crippen molar-refractivity contribution in [1.29, 1.82) is 0 Å². The summed E-state index contributed by atoms with van der Waals surface area (Å²) < 4.78 is 1.33. The maximum atomic E-state index is 12.8. The van der Waals surface area contributed by atoms with Crippen molar-refractivity contribution in [2.75, 3.05) is 0 Å². The van der Waals surface area contributed by atoms with Gasteiger partial charge in [-0.3, -0.25) is 0 Å². The predicted octanol–water partition coefficient (Wildman–Crippen LogP) is 2.37. The number of aromatic amines is 1. The van der Waals surface area contributed by atoms with Gasteiger partial charge in [0.1, 0.15) is 0 Å². The van der Waals surface area contributed by atoms with Gasteiger partial charge in [0.25, 0.3) is 0 Å². The second-order valence-electron chi connectivity index (χ2n) is 8.36. The van der Waals surface area contributed by atoms with Gasteiger partial charge in [0.2, 0.25) is 0 Å². The van der Waals surface area contributed by atoms with Crippen LogP contribution in [0.5, 0.6) is 0 Å². The summed E-state index contributed by atoms with van der Waals surface area (Å²) in [5.41, 5.74) is 10.6. The Morgan fingerprint density at radius 3 is 2.42 bits per heavy atom. The molecule has 1 saturated carbocycles. The zero-order chi connectivity index (χ0) is 22.6. The van der Waals surface area contributed by atoms with Crippen molar-refractivity contribution in [3.05, 3.63) is 87.5 Å². The Balaban J connectivity index is 1.33. The fraction of sp³-hybridized carbons (Fsp3) is 0.222. The number of fused-ring (bicyclic) bond motifs is 1. The molecule has 0 unspecified atom stereocenters. The van der Waals surface area contributed by atoms with E-state index in [0.29, 0.717) is 11.9 Å². The number of aliphatic imine (C=N–C) groups is 1. The second-order valence-corrected chi connectivity index (χ2v) is 11.1. The molecule has 0 amide bonds. The quantitative estimate of drug-likeness (QED) is 0.168. The number of H-pyrrole nitrogens is 1. The average Bonchev–Trinajstić information content (AvgIpc) is 3.29. The number of rotatable bonds is 6. The third kappa shape index (κ3) is 5.16. The van der Waals surface area contributed by atoms with E-state index in [2.05, 4.69) is 4.98 Å². The number of amidine groups is 1. The SMILES string of the molecule is NC(=NC1CCCCC1)c1ccc(-c2nc3ccc(C(=O)[I-]c4ccccc4)cc3[nH]2)cc1. The first-order chi connectivity index (χ1) is 16.2. The molecule has 0 atom stereocenters. The molecule has 168 valence electrons. The molecule has 5 nitrogen and oxygen atoms in total. The molecule has 4 aromatic rings. The van der Waals surface area contributed by atoms with Crippen LogP contribution in [-0.4, -0.2) is 25.6 Å². The van der Waals surface area contributed by atoms with Gasteiger partial charge in [0.05, 0.1) is 6.04 Å². The Morgan fingerprint density at radius 1 is 0.939 bits per heavy atom. The van der Waals surface area contributed by atoms with E-state index in [0.717, 1.165) is 50.0 Å². The normalized spacial score (nSPS) is 15.2. The minimum absolute atomic E-state index is 0.204. The summed E-state index contributed by atoms with van der Waals surface area (Å²) >= 11 is -0.723. The van der Waals surface area contributed by atoms with Gasteiger partial charge >= 0.3 is 166 Å². The first-order valence-electron chi connectivity index (χ1n) is 11.3. The van der Waals surface area contributed by atoms with Crippen molar-refractivity contribution >= 4 is 20.7 Å². The number of imidazole rings is 1. The number of benzene rings is 3. The van der Waals surface area contributed by atoms with E-state index >= 15 is 0 Å². The molecule has 1 aliphatic rings. The van der Waals surface area contributed by atoms with E-state index in [1.165, 1.54) is 19.3 Å². The molecule has 3 aromatic carbocycles. The van der Waals surface area contributed by atoms with Crippen molar-refractivity contribution in [3.8, 4) is 11.4 Å². The zero-order valence-electron chi connectivity index (χ0n) is 18.3. The Morgan fingerprint density at radius 2 is 1.67 bits per heavy atom. The van der Waals surface area contributed by atoms with Crippen LogP contribution in [0.15, 0.2) is 77.8 Å². The summed E-state index contributed by atoms with van der Waals surface area (Å²) in [6.07, 6.45) is 6.06. The molecule has 0 saturated heterocycles. The van der Waals surface area contributed by atoms with Crippen molar-refractivity contribution < 1.29 is 26.0 Å². The summed E-state index contributed by atoms with van der Waals surface area (Å²) in [5, 5.41) is 0. The van der Waals surface area contributed by atoms with E-state index in [4.69, 9.17) is 15.7 Å². The first-order valence-corrected chi connectivity index (χ1v) is 13.5. The van der Waals surface area contributed by atoms with Crippen LogP contribution in [0.25, 0.3) is 22.4 Å². The Labute approximate surface area is 203 Å². The van der Waals surface area contributed by atoms with Gasteiger partial charge in [-0.15, -0.1) is 0 Å². The Bertz CT molecular complexity index is 1290. The average molecular weight is 549 g/mol. The number of nitrogens with one attached hydrogen (secondary N) is 1. The molecule has 3 N–H and O–H groups in total. The van der Waals surface area contributed by atoms with Crippen molar-refractivity contribution in [1.82, 2.24) is 9.97 Å². The van der Waals surface area contributed by atoms with Crippen LogP contribution in [-0.2, 0) is 0 Å². The molecule has 1 aliphatic carbocycles. The number of carbonyl (C=O) groups excluding carboxylic acids is 1. The monoisotopic (exact) mass is 549 g/mol. The van der Waals surface area contributed by atoms with Crippen LogP contribution in [0.4, 0.5) is 0 Å². The zero-order valence-corrected chi connectivity index (χ0v) is 20.5.